The van der Waals surface area contributed by atoms with Crippen LogP contribution in [0.4, 0.5) is 0 Å². The zero-order valence-corrected chi connectivity index (χ0v) is 12.1. The molecule has 0 fully saturated rings. The van der Waals surface area contributed by atoms with Gasteiger partial charge < -0.3 is 20.1 Å². The van der Waals surface area contributed by atoms with Crippen molar-refractivity contribution in [3.8, 4) is 5.75 Å². The number of nitrogens with two attached hydrogens (primary N) is 1. The van der Waals surface area contributed by atoms with Crippen LogP contribution in [0.1, 0.15) is 18.4 Å². The summed E-state index contributed by atoms with van der Waals surface area (Å²) in [5, 5.41) is 0. The Balaban J connectivity index is 2.12. The molecule has 0 heterocycles. The first-order valence-corrected chi connectivity index (χ1v) is 6.85. The number of rotatable bonds is 10. The first-order valence-electron chi connectivity index (χ1n) is 6.85. The molecule has 0 radical (unpaired) electrons. The normalized spacial score (nSPS) is 10.9. The molecule has 4 nitrogen and oxygen atoms in total. The van der Waals surface area contributed by atoms with Crippen molar-refractivity contribution in [2.75, 3.05) is 40.5 Å². The minimum absolute atomic E-state index is 0.555. The fraction of sp³-hybridized carbons (Fsp3) is 0.600. The van der Waals surface area contributed by atoms with Gasteiger partial charge in [0.15, 0.2) is 0 Å². The van der Waals surface area contributed by atoms with Crippen LogP contribution in [-0.4, -0.2) is 45.4 Å². The summed E-state index contributed by atoms with van der Waals surface area (Å²) in [6, 6.07) is 7.97. The van der Waals surface area contributed by atoms with Gasteiger partial charge in [0.2, 0.25) is 0 Å². The summed E-state index contributed by atoms with van der Waals surface area (Å²) < 4.78 is 10.8. The highest BCUT2D eigenvalue weighted by atomic mass is 16.5. The van der Waals surface area contributed by atoms with Crippen LogP contribution >= 0.6 is 0 Å². The third-order valence-corrected chi connectivity index (χ3v) is 2.98. The van der Waals surface area contributed by atoms with Crippen molar-refractivity contribution in [2.24, 2.45) is 5.73 Å². The van der Waals surface area contributed by atoms with Crippen LogP contribution in [0.2, 0.25) is 0 Å². The van der Waals surface area contributed by atoms with E-state index in [1.807, 2.05) is 24.3 Å². The number of ether oxygens (including phenoxy) is 2. The third-order valence-electron chi connectivity index (χ3n) is 2.98. The number of methoxy groups -OCH3 is 1. The number of hydrogen-bond donors (Lipinski definition) is 1. The molecule has 0 bridgehead atoms. The summed E-state index contributed by atoms with van der Waals surface area (Å²) in [5.41, 5.74) is 6.70. The van der Waals surface area contributed by atoms with Gasteiger partial charge in [-0.25, -0.2) is 0 Å². The van der Waals surface area contributed by atoms with Crippen molar-refractivity contribution in [3.05, 3.63) is 29.8 Å². The van der Waals surface area contributed by atoms with Crippen molar-refractivity contribution in [2.45, 2.75) is 19.4 Å². The molecule has 0 spiro atoms. The Labute approximate surface area is 116 Å². The SMILES string of the molecule is COCCCN(C)CCCOc1cccc(CN)c1. The highest BCUT2D eigenvalue weighted by molar-refractivity contribution is 5.28. The maximum absolute atomic E-state index is 5.72. The lowest BCUT2D eigenvalue weighted by Gasteiger charge is -2.16. The first-order chi connectivity index (χ1) is 9.26. The minimum Gasteiger partial charge on any atom is -0.494 e. The van der Waals surface area contributed by atoms with Crippen LogP contribution in [-0.2, 0) is 11.3 Å². The molecule has 0 saturated carbocycles. The fourth-order valence-corrected chi connectivity index (χ4v) is 1.88. The maximum atomic E-state index is 5.72. The molecule has 1 aromatic rings. The second-order valence-corrected chi connectivity index (χ2v) is 4.70. The second kappa shape index (κ2) is 9.78. The van der Waals surface area contributed by atoms with Crippen LogP contribution < -0.4 is 10.5 Å². The summed E-state index contributed by atoms with van der Waals surface area (Å²) in [6.07, 6.45) is 2.10. The molecule has 19 heavy (non-hydrogen) atoms. The van der Waals surface area contributed by atoms with Crippen molar-refractivity contribution in [1.82, 2.24) is 4.90 Å². The lowest BCUT2D eigenvalue weighted by molar-refractivity contribution is 0.176. The molecular formula is C15H26N2O2. The predicted octanol–water partition coefficient (Wildman–Crippen LogP) is 1.88. The van der Waals surface area contributed by atoms with Gasteiger partial charge in [0.05, 0.1) is 6.61 Å². The number of nitrogens with zero attached hydrogens (tertiary/aromatic N) is 1. The van der Waals surface area contributed by atoms with Crippen molar-refractivity contribution in [1.29, 1.82) is 0 Å². The zero-order chi connectivity index (χ0) is 13.9. The van der Waals surface area contributed by atoms with E-state index < -0.39 is 0 Å². The van der Waals surface area contributed by atoms with E-state index in [1.54, 1.807) is 7.11 Å². The summed E-state index contributed by atoms with van der Waals surface area (Å²) in [5.74, 6) is 0.907. The molecule has 0 unspecified atom stereocenters. The maximum Gasteiger partial charge on any atom is 0.119 e. The molecular weight excluding hydrogens is 240 g/mol. The Morgan fingerprint density at radius 2 is 1.89 bits per heavy atom. The zero-order valence-electron chi connectivity index (χ0n) is 12.1. The summed E-state index contributed by atoms with van der Waals surface area (Å²) in [4.78, 5) is 2.30. The fourth-order valence-electron chi connectivity index (χ4n) is 1.88. The Bertz CT molecular complexity index is 345. The summed E-state index contributed by atoms with van der Waals surface area (Å²) in [7, 11) is 3.87. The van der Waals surface area contributed by atoms with Gasteiger partial charge in [-0.15, -0.1) is 0 Å². The van der Waals surface area contributed by atoms with Crippen molar-refractivity contribution < 1.29 is 9.47 Å². The van der Waals surface area contributed by atoms with E-state index in [4.69, 9.17) is 15.2 Å². The molecule has 0 aromatic heterocycles. The lowest BCUT2D eigenvalue weighted by Crippen LogP contribution is -2.23. The Hall–Kier alpha value is -1.10. The molecule has 2 N–H and O–H groups in total. The molecule has 1 rings (SSSR count). The van der Waals surface area contributed by atoms with Crippen LogP contribution in [0.25, 0.3) is 0 Å². The summed E-state index contributed by atoms with van der Waals surface area (Å²) >= 11 is 0. The summed E-state index contributed by atoms with van der Waals surface area (Å²) in [6.45, 7) is 4.23. The van der Waals surface area contributed by atoms with Crippen LogP contribution in [0.15, 0.2) is 24.3 Å². The molecule has 0 saturated heterocycles. The van der Waals surface area contributed by atoms with E-state index >= 15 is 0 Å². The van der Waals surface area contributed by atoms with E-state index in [2.05, 4.69) is 11.9 Å². The highest BCUT2D eigenvalue weighted by Gasteiger charge is 1.99. The number of benzene rings is 1. The van der Waals surface area contributed by atoms with Gasteiger partial charge in [-0.2, -0.15) is 0 Å². The Morgan fingerprint density at radius 1 is 1.16 bits per heavy atom. The van der Waals surface area contributed by atoms with E-state index in [-0.39, 0.29) is 0 Å². The van der Waals surface area contributed by atoms with Crippen molar-refractivity contribution in [3.63, 3.8) is 0 Å². The average molecular weight is 266 g/mol. The van der Waals surface area contributed by atoms with E-state index in [0.717, 1.165) is 50.5 Å². The van der Waals surface area contributed by atoms with Gasteiger partial charge in [0, 0.05) is 33.4 Å². The quantitative estimate of drug-likeness (QED) is 0.657. The lowest BCUT2D eigenvalue weighted by atomic mass is 10.2. The van der Waals surface area contributed by atoms with Gasteiger partial charge in [0.25, 0.3) is 0 Å². The molecule has 108 valence electrons. The molecule has 4 heteroatoms. The van der Waals surface area contributed by atoms with Crippen LogP contribution in [0.3, 0.4) is 0 Å². The van der Waals surface area contributed by atoms with E-state index in [0.29, 0.717) is 6.54 Å². The van der Waals surface area contributed by atoms with Crippen LogP contribution in [0.5, 0.6) is 5.75 Å². The smallest absolute Gasteiger partial charge is 0.119 e. The molecule has 0 aliphatic rings. The molecule has 0 aliphatic carbocycles. The van der Waals surface area contributed by atoms with Crippen molar-refractivity contribution >= 4 is 0 Å². The van der Waals surface area contributed by atoms with E-state index in [9.17, 15) is 0 Å². The number of hydrogen-bond acceptors (Lipinski definition) is 4. The molecule has 0 amide bonds. The van der Waals surface area contributed by atoms with E-state index in [1.165, 1.54) is 0 Å². The molecule has 0 aliphatic heterocycles. The van der Waals surface area contributed by atoms with Gasteiger partial charge in [-0.1, -0.05) is 12.1 Å². The standard InChI is InChI=1S/C15H26N2O2/c1-17(8-4-10-18-2)9-5-11-19-15-7-3-6-14(12-15)13-16/h3,6-7,12H,4-5,8-11,13,16H2,1-2H3. The van der Waals surface area contributed by atoms with Gasteiger partial charge >= 0.3 is 0 Å². The van der Waals surface area contributed by atoms with Gasteiger partial charge in [-0.05, 0) is 37.6 Å². The topological polar surface area (TPSA) is 47.7 Å². The first kappa shape index (κ1) is 16.0. The Morgan fingerprint density at radius 3 is 2.58 bits per heavy atom. The third kappa shape index (κ3) is 7.15. The largest absolute Gasteiger partial charge is 0.494 e. The average Bonchev–Trinajstić information content (AvgIpc) is 2.44. The second-order valence-electron chi connectivity index (χ2n) is 4.70. The predicted molar refractivity (Wildman–Crippen MR) is 78.4 cm³/mol. The van der Waals surface area contributed by atoms with Gasteiger partial charge in [0.1, 0.15) is 5.75 Å². The highest BCUT2D eigenvalue weighted by Crippen LogP contribution is 2.12. The minimum atomic E-state index is 0.555. The van der Waals surface area contributed by atoms with Crippen LogP contribution in [0, 0.1) is 0 Å². The Kier molecular flexibility index (Phi) is 8.21. The van der Waals surface area contributed by atoms with Gasteiger partial charge in [-0.3, -0.25) is 0 Å². The monoisotopic (exact) mass is 266 g/mol. The molecule has 0 atom stereocenters. The molecule has 1 aromatic carbocycles.